The second-order valence-corrected chi connectivity index (χ2v) is 4.33. The molecule has 0 saturated heterocycles. The van der Waals surface area contributed by atoms with Crippen LogP contribution in [0.1, 0.15) is 26.6 Å². The summed E-state index contributed by atoms with van der Waals surface area (Å²) in [7, 11) is 0. The number of benzene rings is 1. The lowest BCUT2D eigenvalue weighted by Gasteiger charge is -1.89. The topological polar surface area (TPSA) is 54.7 Å². The number of aromatic amines is 1. The molecule has 0 aliphatic heterocycles. The van der Waals surface area contributed by atoms with Crippen molar-refractivity contribution in [1.29, 1.82) is 0 Å². The van der Waals surface area contributed by atoms with Gasteiger partial charge in [-0.2, -0.15) is 0 Å². The van der Waals surface area contributed by atoms with E-state index in [1.165, 1.54) is 0 Å². The number of nitrogens with one attached hydrogen (secondary N) is 1. The molecule has 15 heavy (non-hydrogen) atoms. The van der Waals surface area contributed by atoms with Crippen LogP contribution in [0.25, 0.3) is 11.0 Å². The molecule has 0 atom stereocenters. The zero-order valence-corrected chi connectivity index (χ0v) is 9.83. The average Bonchev–Trinajstić information content (AvgIpc) is 2.42. The minimum atomic E-state index is 0.765. The lowest BCUT2D eigenvalue weighted by Crippen LogP contribution is -1.82. The molecular weight excluding hydrogens is 186 g/mol. The van der Waals surface area contributed by atoms with E-state index < -0.39 is 0 Å². The highest BCUT2D eigenvalue weighted by Gasteiger charge is 1.97. The van der Waals surface area contributed by atoms with Gasteiger partial charge in [0.05, 0.1) is 11.0 Å². The van der Waals surface area contributed by atoms with Crippen molar-refractivity contribution < 1.29 is 0 Å². The van der Waals surface area contributed by atoms with E-state index in [-0.39, 0.29) is 0 Å². The molecule has 0 aliphatic carbocycles. The molecule has 0 unspecified atom stereocenters. The Morgan fingerprint density at radius 1 is 1.27 bits per heavy atom. The molecule has 0 saturated carbocycles. The molecule has 0 spiro atoms. The molecule has 2 aromatic rings. The van der Waals surface area contributed by atoms with Gasteiger partial charge in [0.25, 0.3) is 0 Å². The standard InChI is InChI=1S/C8H9N3.C4H10/c1-5-10-7-3-2-6(9)4-8(7)11-5;1-4(2)3/h2-4H,9H2,1H3,(H,10,11);4H,1-3H3. The minimum Gasteiger partial charge on any atom is -0.399 e. The second kappa shape index (κ2) is 4.82. The highest BCUT2D eigenvalue weighted by Crippen LogP contribution is 2.13. The maximum absolute atomic E-state index is 5.59. The Morgan fingerprint density at radius 2 is 1.87 bits per heavy atom. The van der Waals surface area contributed by atoms with Crippen molar-refractivity contribution in [3.8, 4) is 0 Å². The fourth-order valence-corrected chi connectivity index (χ4v) is 1.15. The Bertz CT molecular complexity index is 427. The van der Waals surface area contributed by atoms with E-state index >= 15 is 0 Å². The van der Waals surface area contributed by atoms with E-state index in [1.807, 2.05) is 25.1 Å². The molecule has 0 amide bonds. The molecule has 82 valence electrons. The average molecular weight is 205 g/mol. The van der Waals surface area contributed by atoms with Crippen LogP contribution in [0.5, 0.6) is 0 Å². The third-order valence-corrected chi connectivity index (χ3v) is 1.62. The van der Waals surface area contributed by atoms with Gasteiger partial charge in [-0.3, -0.25) is 0 Å². The summed E-state index contributed by atoms with van der Waals surface area (Å²) in [6, 6.07) is 5.64. The highest BCUT2D eigenvalue weighted by molar-refractivity contribution is 5.78. The molecule has 0 radical (unpaired) electrons. The summed E-state index contributed by atoms with van der Waals surface area (Å²) in [6.45, 7) is 8.43. The summed E-state index contributed by atoms with van der Waals surface area (Å²) in [6.07, 6.45) is 0. The number of anilines is 1. The van der Waals surface area contributed by atoms with Crippen molar-refractivity contribution in [3.63, 3.8) is 0 Å². The van der Waals surface area contributed by atoms with Crippen LogP contribution >= 0.6 is 0 Å². The SMILES string of the molecule is CC(C)C.Cc1nc2ccc(N)cc2[nH]1. The van der Waals surface area contributed by atoms with Gasteiger partial charge in [0.2, 0.25) is 0 Å². The van der Waals surface area contributed by atoms with Crippen LogP contribution in [0.2, 0.25) is 0 Å². The number of aromatic nitrogens is 2. The van der Waals surface area contributed by atoms with Gasteiger partial charge in [-0.25, -0.2) is 4.98 Å². The summed E-state index contributed by atoms with van der Waals surface area (Å²) >= 11 is 0. The van der Waals surface area contributed by atoms with Gasteiger partial charge < -0.3 is 10.7 Å². The number of nitrogens with two attached hydrogens (primary N) is 1. The first-order valence-electron chi connectivity index (χ1n) is 5.21. The number of rotatable bonds is 0. The van der Waals surface area contributed by atoms with Gasteiger partial charge in [0.15, 0.2) is 0 Å². The highest BCUT2D eigenvalue weighted by atomic mass is 14.9. The smallest absolute Gasteiger partial charge is 0.104 e. The summed E-state index contributed by atoms with van der Waals surface area (Å²) in [4.78, 5) is 7.35. The van der Waals surface area contributed by atoms with E-state index in [0.717, 1.165) is 28.5 Å². The van der Waals surface area contributed by atoms with Gasteiger partial charge in [0, 0.05) is 5.69 Å². The molecule has 0 aliphatic rings. The van der Waals surface area contributed by atoms with Crippen molar-refractivity contribution in [2.45, 2.75) is 27.7 Å². The van der Waals surface area contributed by atoms with Gasteiger partial charge in [0.1, 0.15) is 5.82 Å². The van der Waals surface area contributed by atoms with Crippen molar-refractivity contribution >= 4 is 16.7 Å². The molecule has 1 aromatic carbocycles. The van der Waals surface area contributed by atoms with E-state index in [4.69, 9.17) is 5.73 Å². The van der Waals surface area contributed by atoms with Crippen molar-refractivity contribution in [2.24, 2.45) is 5.92 Å². The Hall–Kier alpha value is -1.51. The molecule has 3 N–H and O–H groups in total. The number of hydrogen-bond donors (Lipinski definition) is 2. The molecule has 2 rings (SSSR count). The van der Waals surface area contributed by atoms with Crippen LogP contribution in [0.4, 0.5) is 5.69 Å². The van der Waals surface area contributed by atoms with Gasteiger partial charge >= 0.3 is 0 Å². The Labute approximate surface area is 90.7 Å². The van der Waals surface area contributed by atoms with E-state index in [9.17, 15) is 0 Å². The maximum atomic E-state index is 5.59. The minimum absolute atomic E-state index is 0.765. The van der Waals surface area contributed by atoms with Gasteiger partial charge in [-0.15, -0.1) is 0 Å². The third kappa shape index (κ3) is 3.62. The van der Waals surface area contributed by atoms with Crippen LogP contribution < -0.4 is 5.73 Å². The van der Waals surface area contributed by atoms with Crippen molar-refractivity contribution in [3.05, 3.63) is 24.0 Å². The summed E-state index contributed by atoms with van der Waals surface area (Å²) in [5, 5.41) is 0. The Kier molecular flexibility index (Phi) is 3.72. The van der Waals surface area contributed by atoms with Crippen LogP contribution in [0.15, 0.2) is 18.2 Å². The van der Waals surface area contributed by atoms with Crippen molar-refractivity contribution in [1.82, 2.24) is 9.97 Å². The lowest BCUT2D eigenvalue weighted by atomic mass is 10.3. The van der Waals surface area contributed by atoms with Crippen molar-refractivity contribution in [2.75, 3.05) is 5.73 Å². The number of H-pyrrole nitrogens is 1. The van der Waals surface area contributed by atoms with Crippen LogP contribution in [-0.2, 0) is 0 Å². The molecule has 1 aromatic heterocycles. The first kappa shape index (κ1) is 11.6. The van der Waals surface area contributed by atoms with Crippen LogP contribution in [0, 0.1) is 12.8 Å². The Morgan fingerprint density at radius 3 is 2.47 bits per heavy atom. The number of aryl methyl sites for hydroxylation is 1. The normalized spacial score (nSPS) is 10.2. The number of hydrogen-bond acceptors (Lipinski definition) is 2. The van der Waals surface area contributed by atoms with Crippen LogP contribution in [0.3, 0.4) is 0 Å². The molecule has 0 bridgehead atoms. The molecule has 3 nitrogen and oxygen atoms in total. The Balaban J connectivity index is 0.000000245. The third-order valence-electron chi connectivity index (χ3n) is 1.62. The monoisotopic (exact) mass is 205 g/mol. The molecule has 0 fully saturated rings. The summed E-state index contributed by atoms with van der Waals surface area (Å²) < 4.78 is 0. The quantitative estimate of drug-likeness (QED) is 0.649. The first-order valence-corrected chi connectivity index (χ1v) is 5.21. The summed E-state index contributed by atoms with van der Waals surface area (Å²) in [5.41, 5.74) is 8.32. The first-order chi connectivity index (χ1) is 6.99. The van der Waals surface area contributed by atoms with Crippen LogP contribution in [-0.4, -0.2) is 9.97 Å². The van der Waals surface area contributed by atoms with E-state index in [1.54, 1.807) is 0 Å². The second-order valence-electron chi connectivity index (χ2n) is 4.33. The molecule has 3 heteroatoms. The zero-order chi connectivity index (χ0) is 11.4. The van der Waals surface area contributed by atoms with E-state index in [2.05, 4.69) is 30.7 Å². The molecular formula is C12H19N3. The number of nitrogens with zero attached hydrogens (tertiary/aromatic N) is 1. The fourth-order valence-electron chi connectivity index (χ4n) is 1.15. The predicted molar refractivity (Wildman–Crippen MR) is 65.8 cm³/mol. The number of imidazole rings is 1. The van der Waals surface area contributed by atoms with Gasteiger partial charge in [-0.05, 0) is 31.0 Å². The van der Waals surface area contributed by atoms with E-state index in [0.29, 0.717) is 0 Å². The predicted octanol–water partition coefficient (Wildman–Crippen LogP) is 3.12. The van der Waals surface area contributed by atoms with Gasteiger partial charge in [-0.1, -0.05) is 20.8 Å². The molecule has 1 heterocycles. The lowest BCUT2D eigenvalue weighted by molar-refractivity contribution is 0.737. The fraction of sp³-hybridized carbons (Fsp3) is 0.417. The zero-order valence-electron chi connectivity index (χ0n) is 9.83. The largest absolute Gasteiger partial charge is 0.399 e. The number of fused-ring (bicyclic) bond motifs is 1. The maximum Gasteiger partial charge on any atom is 0.104 e. The number of nitrogen functional groups attached to an aromatic ring is 1. The summed E-state index contributed by atoms with van der Waals surface area (Å²) in [5.74, 6) is 1.76.